The van der Waals surface area contributed by atoms with Gasteiger partial charge in [0.25, 0.3) is 0 Å². The molecule has 0 aromatic heterocycles. The van der Waals surface area contributed by atoms with E-state index in [4.69, 9.17) is 4.74 Å². The highest BCUT2D eigenvalue weighted by Crippen LogP contribution is 2.26. The van der Waals surface area contributed by atoms with E-state index >= 15 is 0 Å². The molecule has 172 valence electrons. The summed E-state index contributed by atoms with van der Waals surface area (Å²) < 4.78 is 33.3. The fourth-order valence-electron chi connectivity index (χ4n) is 3.92. The van der Waals surface area contributed by atoms with E-state index in [0.29, 0.717) is 13.1 Å². The molecule has 0 saturated carbocycles. The molecule has 4 rings (SSSR count). The molecule has 1 saturated heterocycles. The summed E-state index contributed by atoms with van der Waals surface area (Å²) in [5.74, 6) is -0.140. The fraction of sp³-hybridized carbons (Fsp3) is 0.269. The van der Waals surface area contributed by atoms with Crippen LogP contribution in [-0.2, 0) is 19.6 Å². The van der Waals surface area contributed by atoms with E-state index in [1.54, 1.807) is 29.2 Å². The van der Waals surface area contributed by atoms with Crippen LogP contribution in [0.3, 0.4) is 0 Å². The first-order chi connectivity index (χ1) is 15.9. The molecule has 1 aliphatic rings. The van der Waals surface area contributed by atoms with Crippen LogP contribution >= 0.6 is 0 Å². The predicted molar refractivity (Wildman–Crippen MR) is 127 cm³/mol. The van der Waals surface area contributed by atoms with Crippen LogP contribution in [0.4, 0.5) is 0 Å². The van der Waals surface area contributed by atoms with Gasteiger partial charge >= 0.3 is 0 Å². The maximum absolute atomic E-state index is 12.9. The molecule has 1 aliphatic heterocycles. The van der Waals surface area contributed by atoms with E-state index in [0.717, 1.165) is 16.7 Å². The molecule has 0 radical (unpaired) electrons. The lowest BCUT2D eigenvalue weighted by Crippen LogP contribution is -2.51. The highest BCUT2D eigenvalue weighted by Gasteiger charge is 2.30. The monoisotopic (exact) mass is 464 g/mol. The van der Waals surface area contributed by atoms with Crippen molar-refractivity contribution in [3.8, 4) is 0 Å². The van der Waals surface area contributed by atoms with E-state index in [1.165, 1.54) is 4.31 Å². The van der Waals surface area contributed by atoms with Gasteiger partial charge in [0.15, 0.2) is 0 Å². The number of sulfonamides is 1. The summed E-state index contributed by atoms with van der Waals surface area (Å²) >= 11 is 0. The van der Waals surface area contributed by atoms with Crippen LogP contribution in [0.1, 0.15) is 22.8 Å². The fourth-order valence-corrected chi connectivity index (χ4v) is 5.35. The second-order valence-electron chi connectivity index (χ2n) is 8.11. The number of carbonyl (C=O) groups excluding carboxylic acids is 1. The van der Waals surface area contributed by atoms with Gasteiger partial charge in [-0.2, -0.15) is 4.31 Å². The van der Waals surface area contributed by atoms with Gasteiger partial charge in [0.2, 0.25) is 15.9 Å². The van der Waals surface area contributed by atoms with Gasteiger partial charge in [-0.15, -0.1) is 0 Å². The summed E-state index contributed by atoms with van der Waals surface area (Å²) in [6, 6.07) is 26.5. The summed E-state index contributed by atoms with van der Waals surface area (Å²) in [6.45, 7) is 3.07. The van der Waals surface area contributed by atoms with Gasteiger partial charge in [-0.05, 0) is 30.2 Å². The zero-order chi connectivity index (χ0) is 23.3. The van der Waals surface area contributed by atoms with Crippen molar-refractivity contribution in [2.75, 3.05) is 32.8 Å². The van der Waals surface area contributed by atoms with Crippen molar-refractivity contribution in [2.24, 2.45) is 0 Å². The van der Waals surface area contributed by atoms with Crippen LogP contribution in [0.5, 0.6) is 0 Å². The summed E-state index contributed by atoms with van der Waals surface area (Å²) in [6.07, 6.45) is -0.348. The lowest BCUT2D eigenvalue weighted by molar-refractivity contribution is -0.138. The standard InChI is InChI=1S/C26H28N2O4S/c1-21-12-14-24(15-13-21)33(30,31)28-18-16-27(17-19-28)25(29)20-32-26(22-8-4-2-5-9-22)23-10-6-3-7-11-23/h2-15,26H,16-20H2,1H3. The van der Waals surface area contributed by atoms with E-state index in [9.17, 15) is 13.2 Å². The van der Waals surface area contributed by atoms with Gasteiger partial charge in [0.05, 0.1) is 4.90 Å². The maximum Gasteiger partial charge on any atom is 0.248 e. The minimum Gasteiger partial charge on any atom is -0.359 e. The van der Waals surface area contributed by atoms with Crippen LogP contribution in [-0.4, -0.2) is 56.3 Å². The first-order valence-electron chi connectivity index (χ1n) is 11.0. The third kappa shape index (κ3) is 5.50. The summed E-state index contributed by atoms with van der Waals surface area (Å²) in [5, 5.41) is 0. The van der Waals surface area contributed by atoms with E-state index in [1.807, 2.05) is 67.6 Å². The Kier molecular flexibility index (Phi) is 7.23. The SMILES string of the molecule is Cc1ccc(S(=O)(=O)N2CCN(C(=O)COC(c3ccccc3)c3ccccc3)CC2)cc1. The highest BCUT2D eigenvalue weighted by molar-refractivity contribution is 7.89. The Morgan fingerprint density at radius 1 is 0.818 bits per heavy atom. The molecule has 0 bridgehead atoms. The Labute approximate surface area is 195 Å². The molecule has 1 amide bonds. The summed E-state index contributed by atoms with van der Waals surface area (Å²) in [5.41, 5.74) is 2.96. The van der Waals surface area contributed by atoms with Crippen LogP contribution in [0.25, 0.3) is 0 Å². The van der Waals surface area contributed by atoms with Crippen molar-refractivity contribution in [2.45, 2.75) is 17.9 Å². The first-order valence-corrected chi connectivity index (χ1v) is 12.5. The number of hydrogen-bond donors (Lipinski definition) is 0. The van der Waals surface area contributed by atoms with Crippen molar-refractivity contribution in [1.29, 1.82) is 0 Å². The molecule has 0 unspecified atom stereocenters. The second kappa shape index (κ2) is 10.3. The molecule has 1 heterocycles. The second-order valence-corrected chi connectivity index (χ2v) is 10.0. The number of ether oxygens (including phenoxy) is 1. The Bertz CT molecular complexity index is 1120. The summed E-state index contributed by atoms with van der Waals surface area (Å²) in [4.78, 5) is 14.8. The van der Waals surface area contributed by atoms with Crippen molar-refractivity contribution >= 4 is 15.9 Å². The molecule has 0 spiro atoms. The van der Waals surface area contributed by atoms with Gasteiger partial charge < -0.3 is 9.64 Å². The normalized spacial score (nSPS) is 15.0. The Hall–Kier alpha value is -3.00. The molecular formula is C26H28N2O4S. The largest absolute Gasteiger partial charge is 0.359 e. The highest BCUT2D eigenvalue weighted by atomic mass is 32.2. The molecule has 0 atom stereocenters. The van der Waals surface area contributed by atoms with E-state index in [2.05, 4.69) is 0 Å². The average Bonchev–Trinajstić information content (AvgIpc) is 2.86. The molecule has 7 heteroatoms. The molecule has 3 aromatic rings. The number of rotatable bonds is 7. The van der Waals surface area contributed by atoms with Crippen LogP contribution in [0, 0.1) is 6.92 Å². The Morgan fingerprint density at radius 3 is 1.85 bits per heavy atom. The van der Waals surface area contributed by atoms with Gasteiger partial charge in [0.1, 0.15) is 12.7 Å². The van der Waals surface area contributed by atoms with Gasteiger partial charge in [-0.1, -0.05) is 78.4 Å². The molecule has 1 fully saturated rings. The van der Waals surface area contributed by atoms with Crippen molar-refractivity contribution in [1.82, 2.24) is 9.21 Å². The number of aryl methyl sites for hydroxylation is 1. The zero-order valence-electron chi connectivity index (χ0n) is 18.6. The number of hydrogen-bond acceptors (Lipinski definition) is 4. The topological polar surface area (TPSA) is 66.9 Å². The zero-order valence-corrected chi connectivity index (χ0v) is 19.4. The maximum atomic E-state index is 12.9. The lowest BCUT2D eigenvalue weighted by atomic mass is 10.0. The van der Waals surface area contributed by atoms with Crippen molar-refractivity contribution in [3.63, 3.8) is 0 Å². The molecule has 33 heavy (non-hydrogen) atoms. The number of nitrogens with zero attached hydrogens (tertiary/aromatic N) is 2. The number of amides is 1. The minimum absolute atomic E-state index is 0.0703. The molecule has 0 N–H and O–H groups in total. The van der Waals surface area contributed by atoms with Crippen molar-refractivity contribution in [3.05, 3.63) is 102 Å². The number of piperazine rings is 1. The molecule has 3 aromatic carbocycles. The molecular weight excluding hydrogens is 436 g/mol. The van der Waals surface area contributed by atoms with Crippen LogP contribution < -0.4 is 0 Å². The number of benzene rings is 3. The van der Waals surface area contributed by atoms with Gasteiger partial charge in [0, 0.05) is 26.2 Å². The van der Waals surface area contributed by atoms with Gasteiger partial charge in [-0.3, -0.25) is 4.79 Å². The quantitative estimate of drug-likeness (QED) is 0.536. The minimum atomic E-state index is -3.56. The number of carbonyl (C=O) groups is 1. The predicted octanol–water partition coefficient (Wildman–Crippen LogP) is 3.63. The Morgan fingerprint density at radius 2 is 1.33 bits per heavy atom. The third-order valence-corrected chi connectivity index (χ3v) is 7.74. The van der Waals surface area contributed by atoms with Crippen LogP contribution in [0.2, 0.25) is 0 Å². The first kappa shape index (κ1) is 23.2. The Balaban J connectivity index is 1.37. The van der Waals surface area contributed by atoms with E-state index in [-0.39, 0.29) is 36.6 Å². The lowest BCUT2D eigenvalue weighted by Gasteiger charge is -2.34. The van der Waals surface area contributed by atoms with Crippen molar-refractivity contribution < 1.29 is 17.9 Å². The van der Waals surface area contributed by atoms with Gasteiger partial charge in [-0.25, -0.2) is 8.42 Å². The third-order valence-electron chi connectivity index (χ3n) is 5.83. The smallest absolute Gasteiger partial charge is 0.248 e. The van der Waals surface area contributed by atoms with E-state index < -0.39 is 10.0 Å². The molecule has 0 aliphatic carbocycles. The molecule has 6 nitrogen and oxygen atoms in total. The average molecular weight is 465 g/mol. The van der Waals surface area contributed by atoms with Crippen LogP contribution in [0.15, 0.2) is 89.8 Å². The summed E-state index contributed by atoms with van der Waals surface area (Å²) in [7, 11) is -3.56.